The van der Waals surface area contributed by atoms with Crippen LogP contribution in [0.15, 0.2) is 24.3 Å². The number of hydrogen-bond donors (Lipinski definition) is 1. The third-order valence-electron chi connectivity index (χ3n) is 2.87. The normalized spacial score (nSPS) is 11.7. The number of nitrogens with one attached hydrogen (secondary N) is 1. The Hall–Kier alpha value is -1.42. The Kier molecular flexibility index (Phi) is 4.20. The van der Waals surface area contributed by atoms with Crippen molar-refractivity contribution in [2.45, 2.75) is 33.6 Å². The van der Waals surface area contributed by atoms with Crippen molar-refractivity contribution >= 4 is 27.5 Å². The molecule has 1 amide bonds. The highest BCUT2D eigenvalue weighted by molar-refractivity contribution is 7.18. The van der Waals surface area contributed by atoms with E-state index in [0.29, 0.717) is 6.54 Å². The summed E-state index contributed by atoms with van der Waals surface area (Å²) in [6, 6.07) is 8.18. The molecule has 1 aromatic carbocycles. The third kappa shape index (κ3) is 3.77. The Morgan fingerprint density at radius 2 is 2.05 bits per heavy atom. The first kappa shape index (κ1) is 14.0. The molecule has 1 aromatic heterocycles. The van der Waals surface area contributed by atoms with Crippen molar-refractivity contribution in [2.75, 3.05) is 6.54 Å². The lowest BCUT2D eigenvalue weighted by atomic mass is 9.96. The van der Waals surface area contributed by atoms with Gasteiger partial charge in [-0.1, -0.05) is 32.9 Å². The number of carbonyl (C=O) groups excluding carboxylic acids is 1. The number of nitrogens with zero attached hydrogens (tertiary/aromatic N) is 1. The molecular formula is C15H20N2OS. The molecule has 0 spiro atoms. The summed E-state index contributed by atoms with van der Waals surface area (Å²) >= 11 is 1.74. The second-order valence-electron chi connectivity index (χ2n) is 5.68. The standard InChI is InChI=1S/C15H20N2OS/c1-15(2,3)14(18)16-10-6-9-13-17-11-7-4-5-8-12(11)19-13/h4-5,7-8H,6,9-10H2,1-3H3,(H,16,18). The van der Waals surface area contributed by atoms with Crippen molar-refractivity contribution in [2.24, 2.45) is 5.41 Å². The van der Waals surface area contributed by atoms with E-state index in [2.05, 4.69) is 16.4 Å². The van der Waals surface area contributed by atoms with E-state index in [0.717, 1.165) is 23.4 Å². The van der Waals surface area contributed by atoms with Crippen LogP contribution in [0, 0.1) is 5.41 Å². The minimum absolute atomic E-state index is 0.108. The molecule has 0 aliphatic heterocycles. The molecule has 19 heavy (non-hydrogen) atoms. The zero-order valence-corrected chi connectivity index (χ0v) is 12.5. The number of hydrogen-bond acceptors (Lipinski definition) is 3. The van der Waals surface area contributed by atoms with Crippen molar-refractivity contribution in [3.8, 4) is 0 Å². The maximum absolute atomic E-state index is 11.7. The fourth-order valence-electron chi connectivity index (χ4n) is 1.73. The zero-order chi connectivity index (χ0) is 13.9. The van der Waals surface area contributed by atoms with Crippen LogP contribution < -0.4 is 5.32 Å². The van der Waals surface area contributed by atoms with Gasteiger partial charge in [0.2, 0.25) is 5.91 Å². The van der Waals surface area contributed by atoms with Crippen molar-refractivity contribution in [3.63, 3.8) is 0 Å². The smallest absolute Gasteiger partial charge is 0.225 e. The number of para-hydroxylation sites is 1. The van der Waals surface area contributed by atoms with E-state index in [4.69, 9.17) is 0 Å². The van der Waals surface area contributed by atoms with Crippen LogP contribution in [0.3, 0.4) is 0 Å². The van der Waals surface area contributed by atoms with Gasteiger partial charge in [0, 0.05) is 18.4 Å². The lowest BCUT2D eigenvalue weighted by Gasteiger charge is -2.17. The molecule has 0 radical (unpaired) electrons. The third-order valence-corrected chi connectivity index (χ3v) is 3.97. The number of fused-ring (bicyclic) bond motifs is 1. The SMILES string of the molecule is CC(C)(C)C(=O)NCCCc1nc2ccccc2s1. The summed E-state index contributed by atoms with van der Waals surface area (Å²) in [5.41, 5.74) is 0.761. The first-order valence-electron chi connectivity index (χ1n) is 6.59. The van der Waals surface area contributed by atoms with Crippen LogP contribution >= 0.6 is 11.3 Å². The first-order valence-corrected chi connectivity index (χ1v) is 7.41. The summed E-state index contributed by atoms with van der Waals surface area (Å²) in [5, 5.41) is 4.11. The topological polar surface area (TPSA) is 42.0 Å². The van der Waals surface area contributed by atoms with Gasteiger partial charge in [-0.2, -0.15) is 0 Å². The van der Waals surface area contributed by atoms with Gasteiger partial charge in [-0.3, -0.25) is 4.79 Å². The van der Waals surface area contributed by atoms with E-state index >= 15 is 0 Å². The second kappa shape index (κ2) is 5.70. The van der Waals surface area contributed by atoms with Gasteiger partial charge in [-0.05, 0) is 18.6 Å². The van der Waals surface area contributed by atoms with Gasteiger partial charge in [0.1, 0.15) is 0 Å². The fourth-order valence-corrected chi connectivity index (χ4v) is 2.74. The minimum atomic E-state index is -0.310. The Bertz CT molecular complexity index is 536. The maximum Gasteiger partial charge on any atom is 0.225 e. The number of amides is 1. The summed E-state index contributed by atoms with van der Waals surface area (Å²) in [6.45, 7) is 6.49. The van der Waals surface area contributed by atoms with Crippen LogP contribution in [-0.4, -0.2) is 17.4 Å². The van der Waals surface area contributed by atoms with Crippen molar-refractivity contribution in [1.29, 1.82) is 0 Å². The van der Waals surface area contributed by atoms with Crippen LogP contribution in [0.1, 0.15) is 32.2 Å². The van der Waals surface area contributed by atoms with Crippen LogP contribution in [0.25, 0.3) is 10.2 Å². The van der Waals surface area contributed by atoms with Crippen molar-refractivity contribution in [3.05, 3.63) is 29.3 Å². The molecular weight excluding hydrogens is 256 g/mol. The molecule has 0 aliphatic rings. The molecule has 1 N–H and O–H groups in total. The second-order valence-corrected chi connectivity index (χ2v) is 6.80. The van der Waals surface area contributed by atoms with Crippen LogP contribution in [0.5, 0.6) is 0 Å². The predicted molar refractivity (Wildman–Crippen MR) is 80.4 cm³/mol. The Balaban J connectivity index is 1.81. The zero-order valence-electron chi connectivity index (χ0n) is 11.7. The van der Waals surface area contributed by atoms with Gasteiger partial charge in [-0.25, -0.2) is 4.98 Å². The lowest BCUT2D eigenvalue weighted by Crippen LogP contribution is -2.35. The van der Waals surface area contributed by atoms with E-state index < -0.39 is 0 Å². The molecule has 0 bridgehead atoms. The molecule has 2 rings (SSSR count). The number of benzene rings is 1. The quantitative estimate of drug-likeness (QED) is 0.870. The molecule has 0 fully saturated rings. The largest absolute Gasteiger partial charge is 0.356 e. The summed E-state index contributed by atoms with van der Waals surface area (Å²) in [4.78, 5) is 16.3. The van der Waals surface area contributed by atoms with Crippen LogP contribution in [0.2, 0.25) is 0 Å². The Morgan fingerprint density at radius 3 is 2.74 bits per heavy atom. The van der Waals surface area contributed by atoms with Crippen LogP contribution in [0.4, 0.5) is 0 Å². The molecule has 2 aromatic rings. The van der Waals surface area contributed by atoms with Crippen molar-refractivity contribution < 1.29 is 4.79 Å². The highest BCUT2D eigenvalue weighted by Crippen LogP contribution is 2.22. The molecule has 0 aliphatic carbocycles. The highest BCUT2D eigenvalue weighted by atomic mass is 32.1. The number of thiazole rings is 1. The summed E-state index contributed by atoms with van der Waals surface area (Å²) in [6.07, 6.45) is 1.85. The molecule has 0 saturated carbocycles. The predicted octanol–water partition coefficient (Wildman–Crippen LogP) is 3.39. The number of carbonyl (C=O) groups is 1. The molecule has 102 valence electrons. The number of aromatic nitrogens is 1. The van der Waals surface area contributed by atoms with E-state index in [-0.39, 0.29) is 11.3 Å². The molecule has 0 unspecified atom stereocenters. The molecule has 3 nitrogen and oxygen atoms in total. The van der Waals surface area contributed by atoms with Gasteiger partial charge in [-0.15, -0.1) is 11.3 Å². The molecule has 1 heterocycles. The summed E-state index contributed by atoms with van der Waals surface area (Å²) < 4.78 is 1.23. The molecule has 0 atom stereocenters. The fraction of sp³-hybridized carbons (Fsp3) is 0.467. The minimum Gasteiger partial charge on any atom is -0.356 e. The first-order chi connectivity index (χ1) is 8.97. The lowest BCUT2D eigenvalue weighted by molar-refractivity contribution is -0.128. The number of aryl methyl sites for hydroxylation is 1. The Labute approximate surface area is 118 Å². The molecule has 4 heteroatoms. The van der Waals surface area contributed by atoms with Gasteiger partial charge >= 0.3 is 0 Å². The Morgan fingerprint density at radius 1 is 1.32 bits per heavy atom. The van der Waals surface area contributed by atoms with Gasteiger partial charge < -0.3 is 5.32 Å². The van der Waals surface area contributed by atoms with Gasteiger partial charge in [0.05, 0.1) is 15.2 Å². The van der Waals surface area contributed by atoms with Gasteiger partial charge in [0.15, 0.2) is 0 Å². The van der Waals surface area contributed by atoms with Crippen molar-refractivity contribution in [1.82, 2.24) is 10.3 Å². The van der Waals surface area contributed by atoms with E-state index in [9.17, 15) is 4.79 Å². The highest BCUT2D eigenvalue weighted by Gasteiger charge is 2.20. The summed E-state index contributed by atoms with van der Waals surface area (Å²) in [7, 11) is 0. The average Bonchev–Trinajstić information content (AvgIpc) is 2.75. The van der Waals surface area contributed by atoms with E-state index in [1.54, 1.807) is 11.3 Å². The average molecular weight is 276 g/mol. The monoisotopic (exact) mass is 276 g/mol. The van der Waals surface area contributed by atoms with Gasteiger partial charge in [0.25, 0.3) is 0 Å². The van der Waals surface area contributed by atoms with Crippen LogP contribution in [-0.2, 0) is 11.2 Å². The molecule has 0 saturated heterocycles. The van der Waals surface area contributed by atoms with E-state index in [1.165, 1.54) is 4.70 Å². The maximum atomic E-state index is 11.7. The number of rotatable bonds is 4. The summed E-state index contributed by atoms with van der Waals surface area (Å²) in [5.74, 6) is 0.108. The van der Waals surface area contributed by atoms with E-state index in [1.807, 2.05) is 39.0 Å².